The molecule has 0 radical (unpaired) electrons. The maximum atomic E-state index is 2.41. The Morgan fingerprint density at radius 1 is 0.306 bits per heavy atom. The normalized spacial score (nSPS) is 17.4. The largest absolute Gasteiger partial charge is 0.0619 e. The maximum absolute atomic E-state index is 2.41. The van der Waals surface area contributed by atoms with E-state index >= 15 is 0 Å². The van der Waals surface area contributed by atoms with Crippen molar-refractivity contribution >= 4 is 43.1 Å². The van der Waals surface area contributed by atoms with Crippen LogP contribution < -0.4 is 0 Å². The number of fused-ring (bicyclic) bond motifs is 7. The van der Waals surface area contributed by atoms with Crippen LogP contribution in [-0.4, -0.2) is 0 Å². The van der Waals surface area contributed by atoms with Crippen LogP contribution in [0.15, 0.2) is 121 Å². The van der Waals surface area contributed by atoms with E-state index < -0.39 is 0 Å². The topological polar surface area (TPSA) is 0 Å². The summed E-state index contributed by atoms with van der Waals surface area (Å²) in [6.45, 7) is 0. The highest BCUT2D eigenvalue weighted by atomic mass is 14.5. The van der Waals surface area contributed by atoms with E-state index in [0.717, 1.165) is 0 Å². The third-order valence-electron chi connectivity index (χ3n) is 8.79. The molecule has 0 saturated heterocycles. The lowest BCUT2D eigenvalue weighted by atomic mass is 9.59. The zero-order valence-electron chi connectivity index (χ0n) is 19.7. The van der Waals surface area contributed by atoms with E-state index in [9.17, 15) is 0 Å². The van der Waals surface area contributed by atoms with E-state index in [4.69, 9.17) is 0 Å². The first kappa shape index (κ1) is 18.9. The SMILES string of the molecule is c1ccc2c(c1)C1c3ccccc3C2c2c1c1ccc3ccccc3c1c1c2ccc2ccccc21. The molecule has 0 heterocycles. The lowest BCUT2D eigenvalue weighted by molar-refractivity contribution is 0.767. The Bertz CT molecular complexity index is 1860. The molecule has 166 valence electrons. The Hall–Kier alpha value is -4.42. The Balaban J connectivity index is 1.60. The highest BCUT2D eigenvalue weighted by molar-refractivity contribution is 6.29. The Morgan fingerprint density at radius 3 is 1.08 bits per heavy atom. The zero-order valence-corrected chi connectivity index (χ0v) is 19.7. The van der Waals surface area contributed by atoms with Gasteiger partial charge in [0.1, 0.15) is 0 Å². The summed E-state index contributed by atoms with van der Waals surface area (Å²) in [7, 11) is 0. The first-order valence-corrected chi connectivity index (χ1v) is 12.9. The second-order valence-corrected chi connectivity index (χ2v) is 10.4. The van der Waals surface area contributed by atoms with Crippen LogP contribution in [0.5, 0.6) is 0 Å². The standard InChI is InChI=1S/C36H22/c1-3-11-23-21(9-1)17-19-29-31(23)32-24-12-4-2-10-22(24)18-20-30(32)36-34-27-15-7-5-13-25(27)33(35(29)36)26-14-6-8-16-28(26)34/h1-20,33-34H. The highest BCUT2D eigenvalue weighted by Gasteiger charge is 2.43. The summed E-state index contributed by atoms with van der Waals surface area (Å²) >= 11 is 0. The molecule has 0 spiro atoms. The number of hydrogen-bond acceptors (Lipinski definition) is 0. The van der Waals surface area contributed by atoms with Crippen molar-refractivity contribution in [2.75, 3.05) is 0 Å². The number of benzene rings is 7. The van der Waals surface area contributed by atoms with Crippen molar-refractivity contribution in [3.8, 4) is 0 Å². The first-order chi connectivity index (χ1) is 17.9. The predicted molar refractivity (Wildman–Crippen MR) is 151 cm³/mol. The molecule has 0 unspecified atom stereocenters. The fraction of sp³-hybridized carbons (Fsp3) is 0.0556. The van der Waals surface area contributed by atoms with Gasteiger partial charge in [-0.15, -0.1) is 0 Å². The van der Waals surface area contributed by atoms with Gasteiger partial charge in [-0.3, -0.25) is 0 Å². The molecule has 3 aliphatic rings. The summed E-state index contributed by atoms with van der Waals surface area (Å²) in [4.78, 5) is 0. The molecule has 0 atom stereocenters. The van der Waals surface area contributed by atoms with Gasteiger partial charge in [-0.05, 0) is 76.5 Å². The van der Waals surface area contributed by atoms with Crippen molar-refractivity contribution in [2.45, 2.75) is 11.8 Å². The van der Waals surface area contributed by atoms with E-state index in [-0.39, 0.29) is 11.8 Å². The Morgan fingerprint density at radius 2 is 0.667 bits per heavy atom. The van der Waals surface area contributed by atoms with Crippen LogP contribution in [0.25, 0.3) is 43.1 Å². The van der Waals surface area contributed by atoms with Gasteiger partial charge in [0.05, 0.1) is 0 Å². The number of rotatable bonds is 0. The van der Waals surface area contributed by atoms with Crippen LogP contribution in [0.3, 0.4) is 0 Å². The molecule has 0 amide bonds. The molecule has 2 bridgehead atoms. The van der Waals surface area contributed by atoms with Crippen molar-refractivity contribution in [1.29, 1.82) is 0 Å². The van der Waals surface area contributed by atoms with Gasteiger partial charge in [-0.1, -0.05) is 121 Å². The van der Waals surface area contributed by atoms with Gasteiger partial charge in [-0.25, -0.2) is 0 Å². The molecule has 0 aromatic heterocycles. The summed E-state index contributed by atoms with van der Waals surface area (Å²) < 4.78 is 0. The van der Waals surface area contributed by atoms with Crippen molar-refractivity contribution in [3.63, 3.8) is 0 Å². The van der Waals surface area contributed by atoms with E-state index in [1.54, 1.807) is 0 Å². The minimum Gasteiger partial charge on any atom is -0.0619 e. The zero-order chi connectivity index (χ0) is 23.4. The quantitative estimate of drug-likeness (QED) is 0.200. The fourth-order valence-electron chi connectivity index (χ4n) is 7.47. The Kier molecular flexibility index (Phi) is 3.47. The van der Waals surface area contributed by atoms with Gasteiger partial charge in [0.25, 0.3) is 0 Å². The fourth-order valence-corrected chi connectivity index (χ4v) is 7.47. The second-order valence-electron chi connectivity index (χ2n) is 10.4. The van der Waals surface area contributed by atoms with Gasteiger partial charge in [0, 0.05) is 11.8 Å². The number of hydrogen-bond donors (Lipinski definition) is 0. The van der Waals surface area contributed by atoms with Crippen molar-refractivity contribution < 1.29 is 0 Å². The molecule has 3 aliphatic carbocycles. The molecule has 0 nitrogen and oxygen atoms in total. The molecular formula is C36H22. The third kappa shape index (κ3) is 2.17. The lowest BCUT2D eigenvalue weighted by Gasteiger charge is -2.43. The van der Waals surface area contributed by atoms with Crippen molar-refractivity contribution in [3.05, 3.63) is 155 Å². The van der Waals surface area contributed by atoms with Gasteiger partial charge in [0.2, 0.25) is 0 Å². The summed E-state index contributed by atoms with van der Waals surface area (Å²) in [6.07, 6.45) is 0. The van der Waals surface area contributed by atoms with Crippen molar-refractivity contribution in [2.24, 2.45) is 0 Å². The predicted octanol–water partition coefficient (Wildman–Crippen LogP) is 9.29. The van der Waals surface area contributed by atoms with Crippen LogP contribution in [0, 0.1) is 0 Å². The third-order valence-corrected chi connectivity index (χ3v) is 8.79. The van der Waals surface area contributed by atoms with Crippen LogP contribution in [0.2, 0.25) is 0 Å². The van der Waals surface area contributed by atoms with Gasteiger partial charge in [-0.2, -0.15) is 0 Å². The lowest BCUT2D eigenvalue weighted by Crippen LogP contribution is -2.28. The molecule has 0 fully saturated rings. The highest BCUT2D eigenvalue weighted by Crippen LogP contribution is 2.60. The molecule has 0 heteroatoms. The molecule has 7 aromatic carbocycles. The van der Waals surface area contributed by atoms with Crippen LogP contribution in [0.4, 0.5) is 0 Å². The second kappa shape index (κ2) is 6.62. The van der Waals surface area contributed by atoms with Gasteiger partial charge in [0.15, 0.2) is 0 Å². The summed E-state index contributed by atoms with van der Waals surface area (Å²) in [5.74, 6) is 0.522. The first-order valence-electron chi connectivity index (χ1n) is 12.9. The minimum absolute atomic E-state index is 0.261. The van der Waals surface area contributed by atoms with Crippen LogP contribution >= 0.6 is 0 Å². The summed E-state index contributed by atoms with van der Waals surface area (Å²) in [6, 6.07) is 45.6. The maximum Gasteiger partial charge on any atom is 0.0355 e. The minimum atomic E-state index is 0.261. The molecule has 10 rings (SSSR count). The summed E-state index contributed by atoms with van der Waals surface area (Å²) in [5, 5.41) is 10.9. The van der Waals surface area contributed by atoms with E-state index in [2.05, 4.69) is 121 Å². The van der Waals surface area contributed by atoms with Crippen molar-refractivity contribution in [1.82, 2.24) is 0 Å². The average molecular weight is 455 g/mol. The van der Waals surface area contributed by atoms with E-state index in [0.29, 0.717) is 0 Å². The van der Waals surface area contributed by atoms with E-state index in [1.807, 2.05) is 0 Å². The molecule has 0 saturated carbocycles. The molecule has 7 aromatic rings. The average Bonchev–Trinajstić information content (AvgIpc) is 2.96. The molecule has 0 N–H and O–H groups in total. The summed E-state index contributed by atoms with van der Waals surface area (Å²) in [5.41, 5.74) is 8.93. The molecule has 0 aliphatic heterocycles. The van der Waals surface area contributed by atoms with Crippen LogP contribution in [-0.2, 0) is 0 Å². The van der Waals surface area contributed by atoms with Crippen LogP contribution in [0.1, 0.15) is 45.2 Å². The smallest absolute Gasteiger partial charge is 0.0355 e. The Labute approximate surface area is 209 Å². The molecule has 36 heavy (non-hydrogen) atoms. The van der Waals surface area contributed by atoms with Gasteiger partial charge < -0.3 is 0 Å². The van der Waals surface area contributed by atoms with Gasteiger partial charge >= 0.3 is 0 Å². The van der Waals surface area contributed by atoms with E-state index in [1.165, 1.54) is 76.5 Å². The monoisotopic (exact) mass is 454 g/mol. The molecular weight excluding hydrogens is 432 g/mol.